The number of furan rings is 1. The van der Waals surface area contributed by atoms with Gasteiger partial charge >= 0.3 is 5.97 Å². The number of hydrogen-bond donors (Lipinski definition) is 3. The van der Waals surface area contributed by atoms with Gasteiger partial charge in [0.25, 0.3) is 0 Å². The minimum Gasteiger partial charge on any atom is -0.475 e. The third kappa shape index (κ3) is 3.02. The van der Waals surface area contributed by atoms with Gasteiger partial charge in [-0.3, -0.25) is 0 Å². The standard InChI is InChI=1S/C12H17NO6S/c1-8-10(6-9(19-8)11(15)16)20(17,18)13-7-12(2-3-12)4-5-14/h6,13-14H,2-5,7H2,1H3,(H,15,16). The average Bonchev–Trinajstić information content (AvgIpc) is 3.00. The van der Waals surface area contributed by atoms with Crippen LogP contribution in [-0.4, -0.2) is 37.8 Å². The number of aromatic carboxylic acids is 1. The molecule has 1 aliphatic carbocycles. The van der Waals surface area contributed by atoms with E-state index in [1.807, 2.05) is 0 Å². The molecule has 2 rings (SSSR count). The normalized spacial score (nSPS) is 17.1. The predicted molar refractivity (Wildman–Crippen MR) is 69.0 cm³/mol. The summed E-state index contributed by atoms with van der Waals surface area (Å²) in [4.78, 5) is 10.6. The SMILES string of the molecule is Cc1oc(C(=O)O)cc1S(=O)(=O)NCC1(CCO)CC1. The Labute approximate surface area is 116 Å². The molecule has 0 atom stereocenters. The van der Waals surface area contributed by atoms with Gasteiger partial charge in [0.2, 0.25) is 15.8 Å². The maximum Gasteiger partial charge on any atom is 0.371 e. The topological polar surface area (TPSA) is 117 Å². The van der Waals surface area contributed by atoms with Crippen LogP contribution in [0.25, 0.3) is 0 Å². The van der Waals surface area contributed by atoms with Crippen molar-refractivity contribution in [3.05, 3.63) is 17.6 Å². The van der Waals surface area contributed by atoms with Crippen LogP contribution in [0.1, 0.15) is 35.6 Å². The van der Waals surface area contributed by atoms with Crippen molar-refractivity contribution in [1.82, 2.24) is 4.72 Å². The molecule has 3 N–H and O–H groups in total. The molecule has 1 aromatic rings. The molecule has 0 aromatic carbocycles. The van der Waals surface area contributed by atoms with E-state index in [-0.39, 0.29) is 29.2 Å². The molecular formula is C12H17NO6S. The number of aryl methyl sites for hydroxylation is 1. The lowest BCUT2D eigenvalue weighted by molar-refractivity contribution is 0.0661. The van der Waals surface area contributed by atoms with E-state index in [9.17, 15) is 13.2 Å². The summed E-state index contributed by atoms with van der Waals surface area (Å²) in [7, 11) is -3.80. The first kappa shape index (κ1) is 15.0. The molecule has 20 heavy (non-hydrogen) atoms. The van der Waals surface area contributed by atoms with E-state index in [4.69, 9.17) is 14.6 Å². The maximum atomic E-state index is 12.1. The van der Waals surface area contributed by atoms with E-state index >= 15 is 0 Å². The van der Waals surface area contributed by atoms with Gasteiger partial charge in [-0.05, 0) is 31.6 Å². The Kier molecular flexibility index (Phi) is 3.90. The van der Waals surface area contributed by atoms with Crippen molar-refractivity contribution < 1.29 is 27.8 Å². The van der Waals surface area contributed by atoms with Crippen molar-refractivity contribution in [2.45, 2.75) is 31.1 Å². The molecule has 1 heterocycles. The van der Waals surface area contributed by atoms with E-state index in [2.05, 4.69) is 4.72 Å². The highest BCUT2D eigenvalue weighted by Crippen LogP contribution is 2.48. The number of aliphatic hydroxyl groups excluding tert-OH is 1. The minimum atomic E-state index is -3.80. The fourth-order valence-corrected chi connectivity index (χ4v) is 3.43. The molecule has 0 saturated heterocycles. The van der Waals surface area contributed by atoms with Gasteiger partial charge in [-0.15, -0.1) is 0 Å². The Balaban J connectivity index is 2.12. The number of sulfonamides is 1. The molecule has 0 aliphatic heterocycles. The average molecular weight is 303 g/mol. The van der Waals surface area contributed by atoms with Crippen molar-refractivity contribution in [2.24, 2.45) is 5.41 Å². The van der Waals surface area contributed by atoms with Crippen molar-refractivity contribution >= 4 is 16.0 Å². The number of carboxylic acid groups (broad SMARTS) is 1. The van der Waals surface area contributed by atoms with Crippen LogP contribution in [0, 0.1) is 12.3 Å². The minimum absolute atomic E-state index is 0.0234. The molecule has 112 valence electrons. The van der Waals surface area contributed by atoms with Gasteiger partial charge in [-0.25, -0.2) is 17.9 Å². The molecule has 1 aromatic heterocycles. The number of carboxylic acids is 1. The Bertz CT molecular complexity index is 614. The van der Waals surface area contributed by atoms with Crippen LogP contribution in [0.4, 0.5) is 0 Å². The highest BCUT2D eigenvalue weighted by molar-refractivity contribution is 7.89. The van der Waals surface area contributed by atoms with Gasteiger partial charge in [0.1, 0.15) is 10.7 Å². The Morgan fingerprint density at radius 1 is 1.50 bits per heavy atom. The van der Waals surface area contributed by atoms with Crippen LogP contribution in [0.3, 0.4) is 0 Å². The molecule has 1 aliphatic rings. The number of carbonyl (C=O) groups is 1. The summed E-state index contributed by atoms with van der Waals surface area (Å²) in [6.07, 6.45) is 2.31. The molecule has 1 fully saturated rings. The highest BCUT2D eigenvalue weighted by atomic mass is 32.2. The smallest absolute Gasteiger partial charge is 0.371 e. The highest BCUT2D eigenvalue weighted by Gasteiger charge is 2.42. The van der Waals surface area contributed by atoms with Gasteiger partial charge in [0.05, 0.1) is 0 Å². The number of nitrogens with one attached hydrogen (secondary N) is 1. The molecule has 0 radical (unpaired) electrons. The summed E-state index contributed by atoms with van der Waals surface area (Å²) in [5, 5.41) is 17.7. The first-order valence-corrected chi connectivity index (χ1v) is 7.72. The summed E-state index contributed by atoms with van der Waals surface area (Å²) >= 11 is 0. The van der Waals surface area contributed by atoms with Crippen molar-refractivity contribution in [2.75, 3.05) is 13.2 Å². The van der Waals surface area contributed by atoms with Gasteiger partial charge in [-0.2, -0.15) is 0 Å². The quantitative estimate of drug-likeness (QED) is 0.683. The van der Waals surface area contributed by atoms with E-state index < -0.39 is 21.8 Å². The second-order valence-corrected chi connectivity index (χ2v) is 6.87. The summed E-state index contributed by atoms with van der Waals surface area (Å²) in [5.74, 6) is -1.67. The summed E-state index contributed by atoms with van der Waals surface area (Å²) in [5.41, 5.74) is -0.158. The van der Waals surface area contributed by atoms with Crippen molar-refractivity contribution in [3.8, 4) is 0 Å². The van der Waals surface area contributed by atoms with Crippen LogP contribution in [0.2, 0.25) is 0 Å². The second-order valence-electron chi connectivity index (χ2n) is 5.13. The Morgan fingerprint density at radius 2 is 2.15 bits per heavy atom. The molecule has 0 unspecified atom stereocenters. The number of aliphatic hydroxyl groups is 1. The third-order valence-corrected chi connectivity index (χ3v) is 5.12. The lowest BCUT2D eigenvalue weighted by Crippen LogP contribution is -2.31. The van der Waals surface area contributed by atoms with Crippen LogP contribution in [0.5, 0.6) is 0 Å². The Morgan fingerprint density at radius 3 is 2.60 bits per heavy atom. The van der Waals surface area contributed by atoms with Crippen LogP contribution < -0.4 is 4.72 Å². The molecule has 1 saturated carbocycles. The van der Waals surface area contributed by atoms with Gasteiger partial charge < -0.3 is 14.6 Å². The van der Waals surface area contributed by atoms with Gasteiger partial charge in [0, 0.05) is 19.2 Å². The molecule has 0 amide bonds. The van der Waals surface area contributed by atoms with E-state index in [0.717, 1.165) is 18.9 Å². The van der Waals surface area contributed by atoms with Gasteiger partial charge in [0.15, 0.2) is 0 Å². The fraction of sp³-hybridized carbons (Fsp3) is 0.583. The largest absolute Gasteiger partial charge is 0.475 e. The first-order valence-electron chi connectivity index (χ1n) is 6.24. The number of rotatable bonds is 7. The van der Waals surface area contributed by atoms with Crippen molar-refractivity contribution in [1.29, 1.82) is 0 Å². The van der Waals surface area contributed by atoms with Crippen molar-refractivity contribution in [3.63, 3.8) is 0 Å². The lowest BCUT2D eigenvalue weighted by Gasteiger charge is -2.14. The molecule has 7 nitrogen and oxygen atoms in total. The van der Waals surface area contributed by atoms with E-state index in [1.165, 1.54) is 6.92 Å². The zero-order valence-corrected chi connectivity index (χ0v) is 11.9. The molecular weight excluding hydrogens is 286 g/mol. The summed E-state index contributed by atoms with van der Waals surface area (Å²) in [6, 6.07) is 1.01. The summed E-state index contributed by atoms with van der Waals surface area (Å²) < 4.78 is 31.6. The second kappa shape index (κ2) is 5.19. The molecule has 0 bridgehead atoms. The maximum absolute atomic E-state index is 12.1. The van der Waals surface area contributed by atoms with Crippen LogP contribution in [-0.2, 0) is 10.0 Å². The Hall–Kier alpha value is -1.38. The summed E-state index contributed by atoms with van der Waals surface area (Å²) in [6.45, 7) is 1.67. The zero-order chi connectivity index (χ0) is 15.0. The third-order valence-electron chi connectivity index (χ3n) is 3.61. The zero-order valence-electron chi connectivity index (χ0n) is 11.0. The lowest BCUT2D eigenvalue weighted by atomic mass is 10.0. The first-order chi connectivity index (χ1) is 9.30. The van der Waals surface area contributed by atoms with Crippen LogP contribution in [0.15, 0.2) is 15.4 Å². The van der Waals surface area contributed by atoms with Crippen LogP contribution >= 0.6 is 0 Å². The fourth-order valence-electron chi connectivity index (χ4n) is 2.09. The molecule has 8 heteroatoms. The van der Waals surface area contributed by atoms with E-state index in [1.54, 1.807) is 0 Å². The number of hydrogen-bond acceptors (Lipinski definition) is 5. The monoisotopic (exact) mass is 303 g/mol. The van der Waals surface area contributed by atoms with Gasteiger partial charge in [-0.1, -0.05) is 0 Å². The van der Waals surface area contributed by atoms with E-state index in [0.29, 0.717) is 6.42 Å². The molecule has 0 spiro atoms. The predicted octanol–water partition coefficient (Wildman–Crippen LogP) is 0.727.